The number of rotatable bonds is 11. The van der Waals surface area contributed by atoms with Crippen molar-refractivity contribution in [3.05, 3.63) is 21.9 Å². The zero-order valence-corrected chi connectivity index (χ0v) is 16.9. The number of ether oxygens (including phenoxy) is 1. The van der Waals surface area contributed by atoms with Crippen LogP contribution < -0.4 is 10.6 Å². The van der Waals surface area contributed by atoms with E-state index in [1.165, 1.54) is 16.9 Å². The molecule has 0 spiro atoms. The third kappa shape index (κ3) is 10.1. The van der Waals surface area contributed by atoms with E-state index in [2.05, 4.69) is 53.3 Å². The van der Waals surface area contributed by atoms with E-state index in [1.54, 1.807) is 0 Å². The molecule has 5 nitrogen and oxygen atoms in total. The third-order valence-electron chi connectivity index (χ3n) is 3.82. The van der Waals surface area contributed by atoms with Gasteiger partial charge in [0.05, 0.1) is 7.11 Å². The third-order valence-corrected chi connectivity index (χ3v) is 4.84. The molecule has 1 unspecified atom stereocenters. The Morgan fingerprint density at radius 1 is 1.28 bits per heavy atom. The number of thiophene rings is 1. The van der Waals surface area contributed by atoms with Crippen molar-refractivity contribution in [1.82, 2.24) is 10.6 Å². The molecule has 142 valence electrons. The number of nitrogens with one attached hydrogen (secondary N) is 2. The number of hydrogen-bond acceptors (Lipinski definition) is 4. The molecule has 1 heterocycles. The number of carbonyl (C=O) groups is 1. The van der Waals surface area contributed by atoms with E-state index in [9.17, 15) is 4.79 Å². The Morgan fingerprint density at radius 3 is 2.68 bits per heavy atom. The van der Waals surface area contributed by atoms with Crippen molar-refractivity contribution < 1.29 is 9.53 Å². The highest BCUT2D eigenvalue weighted by Crippen LogP contribution is 2.16. The van der Waals surface area contributed by atoms with E-state index in [0.29, 0.717) is 12.5 Å². The Bertz CT molecular complexity index is 528. The van der Waals surface area contributed by atoms with Gasteiger partial charge in [-0.25, -0.2) is 0 Å². The number of guanidine groups is 1. The van der Waals surface area contributed by atoms with Gasteiger partial charge in [0, 0.05) is 41.7 Å². The fraction of sp³-hybridized carbons (Fsp3) is 0.684. The summed E-state index contributed by atoms with van der Waals surface area (Å²) in [6.45, 7) is 8.07. The highest BCUT2D eigenvalue weighted by atomic mass is 32.1. The number of aryl methyl sites for hydroxylation is 1. The summed E-state index contributed by atoms with van der Waals surface area (Å²) < 4.78 is 4.64. The smallest absolute Gasteiger partial charge is 0.305 e. The first kappa shape index (κ1) is 21.5. The minimum atomic E-state index is -0.119. The van der Waals surface area contributed by atoms with Gasteiger partial charge in [-0.05, 0) is 45.7 Å². The molecule has 25 heavy (non-hydrogen) atoms. The van der Waals surface area contributed by atoms with Crippen LogP contribution in [0.25, 0.3) is 0 Å². The van der Waals surface area contributed by atoms with Crippen LogP contribution in [0.1, 0.15) is 55.7 Å². The maximum absolute atomic E-state index is 11.0. The van der Waals surface area contributed by atoms with Gasteiger partial charge in [0.15, 0.2) is 5.96 Å². The zero-order chi connectivity index (χ0) is 18.5. The van der Waals surface area contributed by atoms with E-state index in [4.69, 9.17) is 0 Å². The lowest BCUT2D eigenvalue weighted by molar-refractivity contribution is -0.140. The summed E-state index contributed by atoms with van der Waals surface area (Å²) in [5, 5.41) is 6.79. The lowest BCUT2D eigenvalue weighted by Gasteiger charge is -2.17. The monoisotopic (exact) mass is 367 g/mol. The summed E-state index contributed by atoms with van der Waals surface area (Å²) in [6.07, 6.45) is 5.59. The van der Waals surface area contributed by atoms with Crippen LogP contribution in [0, 0.1) is 6.92 Å². The van der Waals surface area contributed by atoms with E-state index in [-0.39, 0.29) is 5.97 Å². The first-order valence-electron chi connectivity index (χ1n) is 9.22. The highest BCUT2D eigenvalue weighted by Gasteiger charge is 2.07. The molecule has 1 atom stereocenters. The molecule has 6 heteroatoms. The Hall–Kier alpha value is -1.56. The van der Waals surface area contributed by atoms with Gasteiger partial charge in [0.1, 0.15) is 0 Å². The van der Waals surface area contributed by atoms with Crippen molar-refractivity contribution in [2.24, 2.45) is 4.99 Å². The molecule has 1 rings (SSSR count). The number of nitrogens with zero attached hydrogens (tertiary/aromatic N) is 1. The molecule has 0 aliphatic carbocycles. The summed E-state index contributed by atoms with van der Waals surface area (Å²) in [7, 11) is 1.44. The van der Waals surface area contributed by atoms with E-state index < -0.39 is 0 Å². The minimum Gasteiger partial charge on any atom is -0.469 e. The predicted octanol–water partition coefficient (Wildman–Crippen LogP) is 3.67. The Labute approximate surface area is 156 Å². The molecule has 0 aliphatic heterocycles. The molecule has 2 N–H and O–H groups in total. The molecule has 0 saturated heterocycles. The maximum Gasteiger partial charge on any atom is 0.305 e. The molecule has 0 aromatic carbocycles. The first-order chi connectivity index (χ1) is 12.0. The van der Waals surface area contributed by atoms with Crippen molar-refractivity contribution in [1.29, 1.82) is 0 Å². The molecule has 0 bridgehead atoms. The number of methoxy groups -OCH3 is 1. The number of hydrogen-bond donors (Lipinski definition) is 2. The van der Waals surface area contributed by atoms with Crippen molar-refractivity contribution in [3.63, 3.8) is 0 Å². The van der Waals surface area contributed by atoms with Gasteiger partial charge in [-0.3, -0.25) is 9.79 Å². The van der Waals surface area contributed by atoms with E-state index >= 15 is 0 Å². The Kier molecular flexibility index (Phi) is 11.0. The fourth-order valence-electron chi connectivity index (χ4n) is 2.53. The normalized spacial score (nSPS) is 12.7. The van der Waals surface area contributed by atoms with Gasteiger partial charge >= 0.3 is 5.97 Å². The summed E-state index contributed by atoms with van der Waals surface area (Å²) >= 11 is 1.86. The molecule has 0 fully saturated rings. The summed E-state index contributed by atoms with van der Waals surface area (Å²) in [6, 6.07) is 4.72. The number of esters is 1. The maximum atomic E-state index is 11.0. The quantitative estimate of drug-likeness (QED) is 0.271. The summed E-state index contributed by atoms with van der Waals surface area (Å²) in [5.41, 5.74) is 0. The van der Waals surface area contributed by atoms with Gasteiger partial charge in [0.2, 0.25) is 0 Å². The summed E-state index contributed by atoms with van der Waals surface area (Å²) in [5.74, 6) is 0.768. The number of unbranched alkanes of at least 4 members (excludes halogenated alkanes) is 3. The molecule has 0 amide bonds. The number of carbonyl (C=O) groups excluding carboxylic acids is 1. The molecular formula is C19H33N3O2S. The lowest BCUT2D eigenvalue weighted by Crippen LogP contribution is -2.43. The van der Waals surface area contributed by atoms with Gasteiger partial charge in [-0.1, -0.05) is 12.8 Å². The second-order valence-corrected chi connectivity index (χ2v) is 7.64. The van der Waals surface area contributed by atoms with Crippen LogP contribution in [0.2, 0.25) is 0 Å². The van der Waals surface area contributed by atoms with Crippen LogP contribution >= 0.6 is 11.3 Å². The van der Waals surface area contributed by atoms with Crippen LogP contribution in [-0.4, -0.2) is 38.2 Å². The average Bonchev–Trinajstić information content (AvgIpc) is 2.98. The molecular weight excluding hydrogens is 334 g/mol. The molecule has 1 aromatic rings. The van der Waals surface area contributed by atoms with Crippen molar-refractivity contribution in [2.45, 2.75) is 65.3 Å². The zero-order valence-electron chi connectivity index (χ0n) is 16.1. The standard InChI is InChI=1S/C19H33N3O2S/c1-5-20-19(21-13-9-7-6-8-10-18(23)24-4)22-15(2)14-17-12-11-16(3)25-17/h11-12,15H,5-10,13-14H2,1-4H3,(H2,20,21,22). The lowest BCUT2D eigenvalue weighted by atomic mass is 10.1. The van der Waals surface area contributed by atoms with Crippen molar-refractivity contribution in [3.8, 4) is 0 Å². The van der Waals surface area contributed by atoms with Crippen LogP contribution in [0.15, 0.2) is 17.1 Å². The topological polar surface area (TPSA) is 62.7 Å². The molecule has 0 saturated carbocycles. The SMILES string of the molecule is CCNC(=NCCCCCCC(=O)OC)NC(C)Cc1ccc(C)s1. The van der Waals surface area contributed by atoms with Crippen molar-refractivity contribution >= 4 is 23.3 Å². The average molecular weight is 368 g/mol. The van der Waals surface area contributed by atoms with E-state index in [1.807, 2.05) is 11.3 Å². The largest absolute Gasteiger partial charge is 0.469 e. The fourth-order valence-corrected chi connectivity index (χ4v) is 3.55. The minimum absolute atomic E-state index is 0.119. The molecule has 0 radical (unpaired) electrons. The van der Waals surface area contributed by atoms with Crippen LogP contribution in [0.5, 0.6) is 0 Å². The van der Waals surface area contributed by atoms with Gasteiger partial charge < -0.3 is 15.4 Å². The van der Waals surface area contributed by atoms with Crippen LogP contribution in [0.3, 0.4) is 0 Å². The van der Waals surface area contributed by atoms with Gasteiger partial charge in [-0.15, -0.1) is 11.3 Å². The highest BCUT2D eigenvalue weighted by molar-refractivity contribution is 7.11. The van der Waals surface area contributed by atoms with E-state index in [0.717, 1.165) is 51.2 Å². The second-order valence-electron chi connectivity index (χ2n) is 6.26. The second kappa shape index (κ2) is 12.8. The van der Waals surface area contributed by atoms with Crippen LogP contribution in [0.4, 0.5) is 0 Å². The Balaban J connectivity index is 2.27. The molecule has 1 aromatic heterocycles. The van der Waals surface area contributed by atoms with Gasteiger partial charge in [-0.2, -0.15) is 0 Å². The number of aliphatic imine (C=N–C) groups is 1. The summed E-state index contributed by atoms with van der Waals surface area (Å²) in [4.78, 5) is 18.5. The Morgan fingerprint density at radius 2 is 2.04 bits per heavy atom. The molecule has 0 aliphatic rings. The van der Waals surface area contributed by atoms with Crippen LogP contribution in [-0.2, 0) is 16.0 Å². The first-order valence-corrected chi connectivity index (χ1v) is 10.0. The van der Waals surface area contributed by atoms with Crippen molar-refractivity contribution in [2.75, 3.05) is 20.2 Å². The predicted molar refractivity (Wildman–Crippen MR) is 106 cm³/mol. The van der Waals surface area contributed by atoms with Gasteiger partial charge in [0.25, 0.3) is 0 Å².